The lowest BCUT2D eigenvalue weighted by molar-refractivity contribution is 0.0695. The van der Waals surface area contributed by atoms with Crippen molar-refractivity contribution < 1.29 is 20.1 Å². The Labute approximate surface area is 138 Å². The summed E-state index contributed by atoms with van der Waals surface area (Å²) in [5, 5.41) is 30.6. The molecular weight excluding hydrogens is 310 g/mol. The van der Waals surface area contributed by atoms with Gasteiger partial charge in [-0.2, -0.15) is 0 Å². The summed E-state index contributed by atoms with van der Waals surface area (Å²) in [6, 6.07) is 0. The van der Waals surface area contributed by atoms with E-state index in [1.54, 1.807) is 6.92 Å². The third-order valence-electron chi connectivity index (χ3n) is 4.86. The van der Waals surface area contributed by atoms with E-state index < -0.39 is 17.0 Å². The average molecular weight is 329 g/mol. The molecule has 0 atom stereocenters. The summed E-state index contributed by atoms with van der Waals surface area (Å²) < 4.78 is 1.50. The first-order chi connectivity index (χ1) is 11.3. The predicted molar refractivity (Wildman–Crippen MR) is 90.0 cm³/mol. The number of nitrogens with zero attached hydrogens (tertiary/aromatic N) is 1. The molecule has 0 fully saturated rings. The maximum absolute atomic E-state index is 12.6. The van der Waals surface area contributed by atoms with Crippen LogP contribution in [0.2, 0.25) is 0 Å². The van der Waals surface area contributed by atoms with E-state index in [1.807, 2.05) is 13.8 Å². The van der Waals surface area contributed by atoms with Gasteiger partial charge in [0.2, 0.25) is 5.43 Å². The second-order valence-electron chi connectivity index (χ2n) is 6.26. The molecule has 0 bridgehead atoms. The monoisotopic (exact) mass is 329 g/mol. The van der Waals surface area contributed by atoms with Gasteiger partial charge in [0.25, 0.3) is 0 Å². The fourth-order valence-electron chi connectivity index (χ4n) is 3.33. The van der Waals surface area contributed by atoms with E-state index >= 15 is 0 Å². The van der Waals surface area contributed by atoms with Crippen LogP contribution in [0.25, 0.3) is 10.9 Å². The van der Waals surface area contributed by atoms with Crippen molar-refractivity contribution >= 4 is 16.9 Å². The quantitative estimate of drug-likeness (QED) is 0.581. The lowest BCUT2D eigenvalue weighted by Gasteiger charge is -2.24. The number of carboxylic acid groups (broad SMARTS) is 1. The topological polar surface area (TPSA) is 99.8 Å². The summed E-state index contributed by atoms with van der Waals surface area (Å²) in [7, 11) is 0. The first kappa shape index (κ1) is 16.1. The molecule has 2 aromatic rings. The van der Waals surface area contributed by atoms with Gasteiger partial charge in [-0.3, -0.25) is 4.79 Å². The zero-order chi connectivity index (χ0) is 17.8. The summed E-state index contributed by atoms with van der Waals surface area (Å²) >= 11 is 0. The molecule has 3 N–H and O–H groups in total. The lowest BCUT2D eigenvalue weighted by atomic mass is 9.84. The molecule has 1 aliphatic carbocycles. The number of aryl methyl sites for hydroxylation is 1. The maximum Gasteiger partial charge on any atom is 0.341 e. The first-order valence-electron chi connectivity index (χ1n) is 7.79. The molecule has 1 heterocycles. The van der Waals surface area contributed by atoms with Crippen LogP contribution in [-0.2, 0) is 19.4 Å². The normalized spacial score (nSPS) is 14.1. The largest absolute Gasteiger partial charge is 0.507 e. The molecule has 126 valence electrons. The summed E-state index contributed by atoms with van der Waals surface area (Å²) in [6.45, 7) is 6.05. The number of hydrogen-bond acceptors (Lipinski definition) is 4. The molecule has 6 heteroatoms. The van der Waals surface area contributed by atoms with E-state index in [9.17, 15) is 24.9 Å². The van der Waals surface area contributed by atoms with E-state index in [0.29, 0.717) is 30.5 Å². The molecule has 1 aromatic carbocycles. The van der Waals surface area contributed by atoms with Crippen LogP contribution >= 0.6 is 0 Å². The van der Waals surface area contributed by atoms with Crippen LogP contribution in [0.15, 0.2) is 22.1 Å². The van der Waals surface area contributed by atoms with E-state index in [1.165, 1.54) is 10.8 Å². The highest BCUT2D eigenvalue weighted by Crippen LogP contribution is 2.43. The number of rotatable bonds is 2. The van der Waals surface area contributed by atoms with Crippen LogP contribution in [0, 0.1) is 0 Å². The Morgan fingerprint density at radius 1 is 1.12 bits per heavy atom. The van der Waals surface area contributed by atoms with Crippen LogP contribution in [0.4, 0.5) is 0 Å². The standard InChI is InChI=1S/C18H19NO5/c1-4-19-7-12(18(23)24)16(21)13-14(19)17(22)11-6-9(3)8(2)5-10(11)15(13)20/h7,20,22H,4-6H2,1-3H3,(H,23,24). The van der Waals surface area contributed by atoms with Crippen molar-refractivity contribution in [1.82, 2.24) is 4.57 Å². The van der Waals surface area contributed by atoms with Crippen molar-refractivity contribution in [3.63, 3.8) is 0 Å². The smallest absolute Gasteiger partial charge is 0.341 e. The summed E-state index contributed by atoms with van der Waals surface area (Å²) in [4.78, 5) is 23.9. The molecule has 0 spiro atoms. The average Bonchev–Trinajstić information content (AvgIpc) is 2.53. The number of aromatic carboxylic acids is 1. The molecule has 3 rings (SSSR count). The number of pyridine rings is 1. The molecule has 1 aromatic heterocycles. The van der Waals surface area contributed by atoms with Crippen molar-refractivity contribution in [2.24, 2.45) is 0 Å². The number of aromatic hydroxyl groups is 2. The molecule has 6 nitrogen and oxygen atoms in total. The Bertz CT molecular complexity index is 982. The highest BCUT2D eigenvalue weighted by atomic mass is 16.4. The Hall–Kier alpha value is -2.76. The molecule has 0 amide bonds. The molecule has 0 aliphatic heterocycles. The highest BCUT2D eigenvalue weighted by molar-refractivity contribution is 5.98. The maximum atomic E-state index is 12.6. The third-order valence-corrected chi connectivity index (χ3v) is 4.86. The number of aromatic nitrogens is 1. The van der Waals surface area contributed by atoms with Gasteiger partial charge >= 0.3 is 5.97 Å². The minimum absolute atomic E-state index is 0.0551. The Morgan fingerprint density at radius 3 is 2.17 bits per heavy atom. The van der Waals surface area contributed by atoms with Gasteiger partial charge in [0.15, 0.2) is 0 Å². The van der Waals surface area contributed by atoms with Crippen LogP contribution < -0.4 is 5.43 Å². The minimum Gasteiger partial charge on any atom is -0.507 e. The minimum atomic E-state index is -1.35. The van der Waals surface area contributed by atoms with Gasteiger partial charge in [0.1, 0.15) is 17.1 Å². The number of allylic oxidation sites excluding steroid dienone is 2. The number of carboxylic acids is 1. The summed E-state index contributed by atoms with van der Waals surface area (Å²) in [5.41, 5.74) is 2.29. The zero-order valence-electron chi connectivity index (χ0n) is 13.8. The molecule has 0 unspecified atom stereocenters. The second kappa shape index (κ2) is 5.40. The van der Waals surface area contributed by atoms with E-state index in [0.717, 1.165) is 11.1 Å². The van der Waals surface area contributed by atoms with Gasteiger partial charge in [0.05, 0.1) is 10.9 Å². The predicted octanol–water partition coefficient (Wildman–Crippen LogP) is 2.57. The van der Waals surface area contributed by atoms with Crippen molar-refractivity contribution in [2.75, 3.05) is 0 Å². The van der Waals surface area contributed by atoms with E-state index in [4.69, 9.17) is 0 Å². The van der Waals surface area contributed by atoms with Crippen LogP contribution in [-0.4, -0.2) is 25.9 Å². The van der Waals surface area contributed by atoms with Gasteiger partial charge in [-0.25, -0.2) is 4.79 Å². The summed E-state index contributed by atoms with van der Waals surface area (Å²) in [5.74, 6) is -1.63. The number of phenols is 2. The van der Waals surface area contributed by atoms with Gasteiger partial charge in [-0.05, 0) is 33.6 Å². The molecule has 1 aliphatic rings. The van der Waals surface area contributed by atoms with Crippen molar-refractivity contribution in [1.29, 1.82) is 0 Å². The van der Waals surface area contributed by atoms with E-state index in [-0.39, 0.29) is 22.4 Å². The number of carbonyl (C=O) groups is 1. The van der Waals surface area contributed by atoms with Gasteiger partial charge in [-0.15, -0.1) is 0 Å². The van der Waals surface area contributed by atoms with Crippen molar-refractivity contribution in [3.8, 4) is 11.5 Å². The van der Waals surface area contributed by atoms with Crippen molar-refractivity contribution in [3.05, 3.63) is 44.3 Å². The van der Waals surface area contributed by atoms with Gasteiger partial charge in [0, 0.05) is 23.9 Å². The number of hydrogen-bond donors (Lipinski definition) is 3. The molecular formula is C18H19NO5. The van der Waals surface area contributed by atoms with Crippen molar-refractivity contribution in [2.45, 2.75) is 40.2 Å². The number of fused-ring (bicyclic) bond motifs is 2. The fraction of sp³-hybridized carbons (Fsp3) is 0.333. The number of phenolic OH excluding ortho intramolecular Hbond substituents is 2. The van der Waals surface area contributed by atoms with Crippen LogP contribution in [0.1, 0.15) is 42.3 Å². The molecule has 0 saturated carbocycles. The Morgan fingerprint density at radius 2 is 1.67 bits per heavy atom. The fourth-order valence-corrected chi connectivity index (χ4v) is 3.33. The highest BCUT2D eigenvalue weighted by Gasteiger charge is 2.27. The van der Waals surface area contributed by atoms with Crippen LogP contribution in [0.3, 0.4) is 0 Å². The van der Waals surface area contributed by atoms with Gasteiger partial charge < -0.3 is 19.9 Å². The Kier molecular flexibility index (Phi) is 3.63. The molecule has 0 saturated heterocycles. The first-order valence-corrected chi connectivity index (χ1v) is 7.79. The zero-order valence-corrected chi connectivity index (χ0v) is 13.8. The second-order valence-corrected chi connectivity index (χ2v) is 6.26. The summed E-state index contributed by atoms with van der Waals surface area (Å²) in [6.07, 6.45) is 2.14. The van der Waals surface area contributed by atoms with E-state index in [2.05, 4.69) is 0 Å². The Balaban J connectivity index is 2.52. The third kappa shape index (κ3) is 2.10. The number of benzene rings is 1. The van der Waals surface area contributed by atoms with Crippen LogP contribution in [0.5, 0.6) is 11.5 Å². The van der Waals surface area contributed by atoms with Gasteiger partial charge in [-0.1, -0.05) is 11.1 Å². The SMILES string of the molecule is CCn1cc(C(=O)O)c(=O)c2c(O)c3c(c(O)c21)CC(C)=C(C)C3. The molecule has 0 radical (unpaired) electrons. The molecule has 24 heavy (non-hydrogen) atoms. The lowest BCUT2D eigenvalue weighted by Crippen LogP contribution is -2.20.